The van der Waals surface area contributed by atoms with Gasteiger partial charge < -0.3 is 4.42 Å². The van der Waals surface area contributed by atoms with Crippen LogP contribution in [0, 0.1) is 0 Å². The van der Waals surface area contributed by atoms with Gasteiger partial charge in [-0.3, -0.25) is 0 Å². The third-order valence-electron chi connectivity index (χ3n) is 2.82. The zero-order chi connectivity index (χ0) is 14.2. The third-order valence-corrected chi connectivity index (χ3v) is 3.74. The molecule has 1 saturated carbocycles. The Balaban J connectivity index is 1.59. The van der Waals surface area contributed by atoms with Crippen molar-refractivity contribution < 1.29 is 17.6 Å². The van der Waals surface area contributed by atoms with Crippen molar-refractivity contribution in [3.05, 3.63) is 35.7 Å². The van der Waals surface area contributed by atoms with Gasteiger partial charge in [0.15, 0.2) is 0 Å². The summed E-state index contributed by atoms with van der Waals surface area (Å²) in [7, 11) is 0. The van der Waals surface area contributed by atoms with Crippen molar-refractivity contribution in [2.45, 2.75) is 35.7 Å². The zero-order valence-electron chi connectivity index (χ0n) is 10.2. The van der Waals surface area contributed by atoms with Crippen molar-refractivity contribution in [2.75, 3.05) is 0 Å². The van der Waals surface area contributed by atoms with E-state index in [1.54, 1.807) is 0 Å². The molecule has 20 heavy (non-hydrogen) atoms. The number of rotatable bonds is 4. The first kappa shape index (κ1) is 13.4. The Hall–Kier alpha value is -1.57. The van der Waals surface area contributed by atoms with E-state index in [-0.39, 0.29) is 0 Å². The predicted octanol–water partition coefficient (Wildman–Crippen LogP) is 3.65. The number of pyridine rings is 1. The van der Waals surface area contributed by atoms with Crippen LogP contribution in [0.2, 0.25) is 0 Å². The molecule has 0 atom stereocenters. The summed E-state index contributed by atoms with van der Waals surface area (Å²) in [5, 5.41) is 8.33. The molecule has 0 bridgehead atoms. The summed E-state index contributed by atoms with van der Waals surface area (Å²) in [5.41, 5.74) is -0.754. The van der Waals surface area contributed by atoms with E-state index in [0.717, 1.165) is 25.1 Å². The largest absolute Gasteiger partial charge is 0.424 e. The molecule has 1 aliphatic carbocycles. The summed E-state index contributed by atoms with van der Waals surface area (Å²) in [5.74, 6) is 1.92. The Bertz CT molecular complexity index is 593. The van der Waals surface area contributed by atoms with Gasteiger partial charge in [-0.05, 0) is 25.0 Å². The third kappa shape index (κ3) is 3.12. The van der Waals surface area contributed by atoms with E-state index in [1.807, 2.05) is 0 Å². The Morgan fingerprint density at radius 1 is 1.25 bits per heavy atom. The molecule has 3 rings (SSSR count). The van der Waals surface area contributed by atoms with Crippen LogP contribution in [0.25, 0.3) is 0 Å². The average Bonchev–Trinajstić information content (AvgIpc) is 3.15. The van der Waals surface area contributed by atoms with Crippen LogP contribution in [0.5, 0.6) is 0 Å². The number of nitrogens with zero attached hydrogens (tertiary/aromatic N) is 3. The molecule has 0 unspecified atom stereocenters. The van der Waals surface area contributed by atoms with Crippen LogP contribution >= 0.6 is 11.8 Å². The minimum Gasteiger partial charge on any atom is -0.424 e. The van der Waals surface area contributed by atoms with Gasteiger partial charge >= 0.3 is 6.18 Å². The van der Waals surface area contributed by atoms with Gasteiger partial charge in [0.1, 0.15) is 0 Å². The standard InChI is InChI=1S/C12H10F3N3OS/c13-12(14,15)8-3-4-10(16-5-8)20-6-9-17-18-11(19-9)7-1-2-7/h3-5,7H,1-2,6H2. The first-order valence-electron chi connectivity index (χ1n) is 6.01. The summed E-state index contributed by atoms with van der Waals surface area (Å²) in [4.78, 5) is 3.77. The number of halogens is 3. The average molecular weight is 301 g/mol. The molecule has 0 aromatic carbocycles. The van der Waals surface area contributed by atoms with Gasteiger partial charge in [0.25, 0.3) is 0 Å². The molecular weight excluding hydrogens is 291 g/mol. The molecule has 0 radical (unpaired) electrons. The van der Waals surface area contributed by atoms with E-state index in [9.17, 15) is 13.2 Å². The van der Waals surface area contributed by atoms with Gasteiger partial charge in [-0.25, -0.2) is 4.98 Å². The van der Waals surface area contributed by atoms with Crippen LogP contribution < -0.4 is 0 Å². The molecule has 0 saturated heterocycles. The van der Waals surface area contributed by atoms with Crippen LogP contribution in [0.4, 0.5) is 13.2 Å². The first-order valence-corrected chi connectivity index (χ1v) is 6.99. The lowest BCUT2D eigenvalue weighted by Crippen LogP contribution is -2.05. The predicted molar refractivity (Wildman–Crippen MR) is 65.1 cm³/mol. The number of alkyl halides is 3. The van der Waals surface area contributed by atoms with Crippen molar-refractivity contribution in [3.63, 3.8) is 0 Å². The molecule has 0 N–H and O–H groups in total. The molecule has 1 fully saturated rings. The summed E-state index contributed by atoms with van der Waals surface area (Å²) in [6, 6.07) is 2.35. The number of hydrogen-bond acceptors (Lipinski definition) is 5. The summed E-state index contributed by atoms with van der Waals surface area (Å²) in [6.07, 6.45) is -1.38. The van der Waals surface area contributed by atoms with Gasteiger partial charge in [0, 0.05) is 12.1 Å². The van der Waals surface area contributed by atoms with Crippen LogP contribution in [-0.2, 0) is 11.9 Å². The second kappa shape index (κ2) is 5.08. The fourth-order valence-electron chi connectivity index (χ4n) is 1.59. The molecule has 4 nitrogen and oxygen atoms in total. The maximum absolute atomic E-state index is 12.4. The number of thioether (sulfide) groups is 1. The molecule has 106 valence electrons. The highest BCUT2D eigenvalue weighted by Crippen LogP contribution is 2.39. The molecular formula is C12H10F3N3OS. The van der Waals surface area contributed by atoms with Gasteiger partial charge in [0.2, 0.25) is 11.8 Å². The lowest BCUT2D eigenvalue weighted by atomic mass is 10.3. The Morgan fingerprint density at radius 2 is 2.05 bits per heavy atom. The van der Waals surface area contributed by atoms with E-state index in [4.69, 9.17) is 4.42 Å². The van der Waals surface area contributed by atoms with Gasteiger partial charge in [0.05, 0.1) is 16.3 Å². The summed E-state index contributed by atoms with van der Waals surface area (Å²) in [6.45, 7) is 0. The van der Waals surface area contributed by atoms with Gasteiger partial charge in [-0.15, -0.1) is 10.2 Å². The van der Waals surface area contributed by atoms with Gasteiger partial charge in [-0.2, -0.15) is 13.2 Å². The second-order valence-corrected chi connectivity index (χ2v) is 5.48. The molecule has 0 aliphatic heterocycles. The highest BCUT2D eigenvalue weighted by atomic mass is 32.2. The quantitative estimate of drug-likeness (QED) is 0.807. The molecule has 2 heterocycles. The number of aromatic nitrogens is 3. The minimum atomic E-state index is -4.36. The van der Waals surface area contributed by atoms with Crippen LogP contribution in [-0.4, -0.2) is 15.2 Å². The van der Waals surface area contributed by atoms with E-state index < -0.39 is 11.7 Å². The Kier molecular flexibility index (Phi) is 3.41. The molecule has 8 heteroatoms. The summed E-state index contributed by atoms with van der Waals surface area (Å²) >= 11 is 1.26. The van der Waals surface area contributed by atoms with E-state index in [2.05, 4.69) is 15.2 Å². The highest BCUT2D eigenvalue weighted by Gasteiger charge is 2.31. The number of hydrogen-bond donors (Lipinski definition) is 0. The fourth-order valence-corrected chi connectivity index (χ4v) is 2.27. The zero-order valence-corrected chi connectivity index (χ0v) is 11.0. The van der Waals surface area contributed by atoms with Gasteiger partial charge in [-0.1, -0.05) is 11.8 Å². The lowest BCUT2D eigenvalue weighted by Gasteiger charge is -2.05. The topological polar surface area (TPSA) is 51.8 Å². The van der Waals surface area contributed by atoms with Crippen LogP contribution in [0.3, 0.4) is 0 Å². The molecule has 2 aromatic heterocycles. The minimum absolute atomic E-state index is 0.394. The molecule has 0 amide bonds. The van der Waals surface area contributed by atoms with Crippen molar-refractivity contribution in [2.24, 2.45) is 0 Å². The van der Waals surface area contributed by atoms with E-state index in [0.29, 0.717) is 28.5 Å². The van der Waals surface area contributed by atoms with Crippen molar-refractivity contribution in [1.29, 1.82) is 0 Å². The van der Waals surface area contributed by atoms with E-state index in [1.165, 1.54) is 17.8 Å². The Labute approximate surface area is 116 Å². The molecule has 0 spiro atoms. The fraction of sp³-hybridized carbons (Fsp3) is 0.417. The maximum atomic E-state index is 12.4. The normalized spacial score (nSPS) is 15.6. The second-order valence-electron chi connectivity index (χ2n) is 4.48. The van der Waals surface area contributed by atoms with E-state index >= 15 is 0 Å². The van der Waals surface area contributed by atoms with Crippen molar-refractivity contribution in [1.82, 2.24) is 15.2 Å². The monoisotopic (exact) mass is 301 g/mol. The van der Waals surface area contributed by atoms with Crippen LogP contribution in [0.1, 0.15) is 36.1 Å². The first-order chi connectivity index (χ1) is 9.52. The van der Waals surface area contributed by atoms with Crippen molar-refractivity contribution in [3.8, 4) is 0 Å². The SMILES string of the molecule is FC(F)(F)c1ccc(SCc2nnc(C3CC3)o2)nc1. The highest BCUT2D eigenvalue weighted by molar-refractivity contribution is 7.98. The lowest BCUT2D eigenvalue weighted by molar-refractivity contribution is -0.137. The Morgan fingerprint density at radius 3 is 2.65 bits per heavy atom. The summed E-state index contributed by atoms with van der Waals surface area (Å²) < 4.78 is 42.6. The molecule has 1 aliphatic rings. The van der Waals surface area contributed by atoms with Crippen molar-refractivity contribution >= 4 is 11.8 Å². The smallest absolute Gasteiger partial charge is 0.417 e. The molecule has 2 aromatic rings. The van der Waals surface area contributed by atoms with Crippen LogP contribution in [0.15, 0.2) is 27.8 Å². The maximum Gasteiger partial charge on any atom is 0.417 e.